The van der Waals surface area contributed by atoms with Gasteiger partial charge < -0.3 is 9.47 Å². The van der Waals surface area contributed by atoms with Crippen molar-refractivity contribution in [1.29, 1.82) is 5.26 Å². The van der Waals surface area contributed by atoms with Gasteiger partial charge in [0.2, 0.25) is 0 Å². The number of nitrogens with zero attached hydrogens (tertiary/aromatic N) is 2. The van der Waals surface area contributed by atoms with Crippen LogP contribution in [0, 0.1) is 23.0 Å². The summed E-state index contributed by atoms with van der Waals surface area (Å²) in [7, 11) is -1.60. The summed E-state index contributed by atoms with van der Waals surface area (Å²) in [4.78, 5) is 3.53. The van der Waals surface area contributed by atoms with Gasteiger partial charge in [0.1, 0.15) is 39.7 Å². The fraction of sp³-hybridized carbons (Fsp3) is 0.100. The molecule has 0 saturated heterocycles. The third kappa shape index (κ3) is 4.16. The van der Waals surface area contributed by atoms with Gasteiger partial charge in [-0.3, -0.25) is 9.71 Å². The lowest BCUT2D eigenvalue weighted by Gasteiger charge is -2.11. The average Bonchev–Trinajstić information content (AvgIpc) is 2.73. The van der Waals surface area contributed by atoms with Gasteiger partial charge in [-0.15, -0.1) is 0 Å². The molecule has 0 spiro atoms. The number of hydrogen-bond donors (Lipinski definition) is 1. The molecule has 0 aliphatic heterocycles. The molecule has 0 fully saturated rings. The molecule has 2 aromatic carbocycles. The fourth-order valence-electron chi connectivity index (χ4n) is 2.65. The topological polar surface area (TPSA) is 101 Å². The Morgan fingerprint density at radius 3 is 2.40 bits per heavy atom. The van der Waals surface area contributed by atoms with Gasteiger partial charge in [-0.25, -0.2) is 17.2 Å². The number of pyridine rings is 1. The Labute approximate surface area is 171 Å². The number of anilines is 1. The second-order valence-electron chi connectivity index (χ2n) is 5.98. The molecule has 0 saturated carbocycles. The molecule has 0 unspecified atom stereocenters. The van der Waals surface area contributed by atoms with Crippen molar-refractivity contribution in [3.8, 4) is 28.8 Å². The van der Waals surface area contributed by atoms with Crippen molar-refractivity contribution in [2.24, 2.45) is 0 Å². The van der Waals surface area contributed by atoms with E-state index in [9.17, 15) is 17.2 Å². The molecule has 1 aromatic heterocycles. The number of hydrogen-bond acceptors (Lipinski definition) is 6. The maximum atomic E-state index is 14.1. The van der Waals surface area contributed by atoms with E-state index >= 15 is 0 Å². The number of sulfonamides is 1. The molecule has 0 aliphatic rings. The Kier molecular flexibility index (Phi) is 5.84. The van der Waals surface area contributed by atoms with Crippen LogP contribution in [-0.2, 0) is 10.0 Å². The van der Waals surface area contributed by atoms with E-state index in [1.54, 1.807) is 6.07 Å². The van der Waals surface area contributed by atoms with Crippen molar-refractivity contribution in [1.82, 2.24) is 4.98 Å². The highest BCUT2D eigenvalue weighted by atomic mass is 32.2. The lowest BCUT2D eigenvalue weighted by molar-refractivity contribution is 0.410. The normalized spacial score (nSPS) is 10.9. The summed E-state index contributed by atoms with van der Waals surface area (Å²) in [5, 5.41) is 9.00. The molecule has 0 bridgehead atoms. The van der Waals surface area contributed by atoms with Crippen LogP contribution >= 0.6 is 0 Å². The first-order valence-corrected chi connectivity index (χ1v) is 9.87. The molecule has 0 aliphatic carbocycles. The predicted molar refractivity (Wildman–Crippen MR) is 105 cm³/mol. The van der Waals surface area contributed by atoms with Gasteiger partial charge in [-0.1, -0.05) is 0 Å². The summed E-state index contributed by atoms with van der Waals surface area (Å²) < 4.78 is 65.3. The van der Waals surface area contributed by atoms with Crippen LogP contribution in [0.15, 0.2) is 53.6 Å². The van der Waals surface area contributed by atoms with Crippen LogP contribution in [0.3, 0.4) is 0 Å². The van der Waals surface area contributed by atoms with E-state index in [1.807, 2.05) is 0 Å². The standard InChI is InChI=1S/C20H15F2N3O4S/c1-28-14-4-5-16(21)20(9-14)30(26,27)25-13-3-6-18(24-11-13)12-7-17(22)15(10-23)19(8-12)29-2/h3-9,11,25H,1-2H3. The van der Waals surface area contributed by atoms with Crippen LogP contribution in [0.2, 0.25) is 0 Å². The van der Waals surface area contributed by atoms with Gasteiger partial charge in [0, 0.05) is 11.6 Å². The van der Waals surface area contributed by atoms with E-state index in [4.69, 9.17) is 14.7 Å². The summed E-state index contributed by atoms with van der Waals surface area (Å²) in [5.74, 6) is -1.48. The Morgan fingerprint density at radius 2 is 1.80 bits per heavy atom. The van der Waals surface area contributed by atoms with Gasteiger partial charge in [0.05, 0.1) is 31.8 Å². The van der Waals surface area contributed by atoms with Crippen molar-refractivity contribution < 1.29 is 26.7 Å². The van der Waals surface area contributed by atoms with Crippen LogP contribution in [0.1, 0.15) is 5.56 Å². The summed E-state index contributed by atoms with van der Waals surface area (Å²) in [6.07, 6.45) is 1.20. The van der Waals surface area contributed by atoms with Gasteiger partial charge in [0.25, 0.3) is 10.0 Å². The zero-order valence-corrected chi connectivity index (χ0v) is 16.6. The minimum Gasteiger partial charge on any atom is -0.497 e. The van der Waals surface area contributed by atoms with Gasteiger partial charge >= 0.3 is 0 Å². The molecular formula is C20H15F2N3O4S. The number of nitrogens with one attached hydrogen (secondary N) is 1. The quantitative estimate of drug-likeness (QED) is 0.638. The molecule has 3 rings (SSSR count). The summed E-state index contributed by atoms with van der Waals surface area (Å²) in [5.41, 5.74) is 0.483. The smallest absolute Gasteiger partial charge is 0.265 e. The Hall–Kier alpha value is -3.71. The molecule has 10 heteroatoms. The van der Waals surface area contributed by atoms with E-state index in [2.05, 4.69) is 9.71 Å². The van der Waals surface area contributed by atoms with Crippen molar-refractivity contribution in [2.45, 2.75) is 4.90 Å². The maximum absolute atomic E-state index is 14.1. The summed E-state index contributed by atoms with van der Waals surface area (Å²) >= 11 is 0. The van der Waals surface area contributed by atoms with E-state index in [0.717, 1.165) is 18.2 Å². The largest absolute Gasteiger partial charge is 0.497 e. The van der Waals surface area contributed by atoms with Crippen LogP contribution in [-0.4, -0.2) is 27.6 Å². The summed E-state index contributed by atoms with van der Waals surface area (Å²) in [6, 6.07) is 10.5. The fourth-order valence-corrected chi connectivity index (χ4v) is 3.79. The Morgan fingerprint density at radius 1 is 1.03 bits per heavy atom. The van der Waals surface area contributed by atoms with Crippen LogP contribution in [0.4, 0.5) is 14.5 Å². The lowest BCUT2D eigenvalue weighted by atomic mass is 10.1. The molecule has 154 valence electrons. The molecule has 1 heterocycles. The minimum atomic E-state index is -4.24. The van der Waals surface area contributed by atoms with Crippen molar-refractivity contribution in [3.63, 3.8) is 0 Å². The molecule has 30 heavy (non-hydrogen) atoms. The number of aromatic nitrogens is 1. The monoisotopic (exact) mass is 431 g/mol. The second-order valence-corrected chi connectivity index (χ2v) is 7.63. The number of benzene rings is 2. The Balaban J connectivity index is 1.90. The minimum absolute atomic E-state index is 0.0487. The third-order valence-electron chi connectivity index (χ3n) is 4.13. The van der Waals surface area contributed by atoms with E-state index in [1.165, 1.54) is 44.7 Å². The van der Waals surface area contributed by atoms with Crippen LogP contribution in [0.5, 0.6) is 11.5 Å². The molecule has 7 nitrogen and oxygen atoms in total. The van der Waals surface area contributed by atoms with E-state index < -0.39 is 26.6 Å². The molecule has 0 amide bonds. The van der Waals surface area contributed by atoms with Gasteiger partial charge in [-0.05, 0) is 36.4 Å². The molecular weight excluding hydrogens is 416 g/mol. The van der Waals surface area contributed by atoms with E-state index in [-0.39, 0.29) is 22.7 Å². The van der Waals surface area contributed by atoms with Gasteiger partial charge in [-0.2, -0.15) is 5.26 Å². The van der Waals surface area contributed by atoms with E-state index in [0.29, 0.717) is 11.3 Å². The zero-order chi connectivity index (χ0) is 21.9. The molecule has 1 N–H and O–H groups in total. The molecule has 3 aromatic rings. The second kappa shape index (κ2) is 8.34. The SMILES string of the molecule is COc1ccc(F)c(S(=O)(=O)Nc2ccc(-c3cc(F)c(C#N)c(OC)c3)nc2)c1. The zero-order valence-electron chi connectivity index (χ0n) is 15.8. The summed E-state index contributed by atoms with van der Waals surface area (Å²) in [6.45, 7) is 0. The first-order chi connectivity index (χ1) is 14.3. The highest BCUT2D eigenvalue weighted by Gasteiger charge is 2.21. The van der Waals surface area contributed by atoms with Crippen LogP contribution < -0.4 is 14.2 Å². The number of ether oxygens (including phenoxy) is 2. The van der Waals surface area contributed by atoms with Crippen LogP contribution in [0.25, 0.3) is 11.3 Å². The van der Waals surface area contributed by atoms with Crippen molar-refractivity contribution >= 4 is 15.7 Å². The first kappa shape index (κ1) is 21.0. The number of halogens is 2. The highest BCUT2D eigenvalue weighted by Crippen LogP contribution is 2.29. The number of nitriles is 1. The van der Waals surface area contributed by atoms with Crippen molar-refractivity contribution in [3.05, 3.63) is 65.9 Å². The lowest BCUT2D eigenvalue weighted by Crippen LogP contribution is -2.15. The Bertz CT molecular complexity index is 1240. The maximum Gasteiger partial charge on any atom is 0.265 e. The first-order valence-electron chi connectivity index (χ1n) is 8.39. The highest BCUT2D eigenvalue weighted by molar-refractivity contribution is 7.92. The van der Waals surface area contributed by atoms with Gasteiger partial charge in [0.15, 0.2) is 0 Å². The third-order valence-corrected chi connectivity index (χ3v) is 5.52. The predicted octanol–water partition coefficient (Wildman–Crippen LogP) is 3.72. The number of methoxy groups -OCH3 is 2. The number of rotatable bonds is 6. The molecule has 0 atom stereocenters. The molecule has 0 radical (unpaired) electrons. The van der Waals surface area contributed by atoms with Crippen molar-refractivity contribution in [2.75, 3.05) is 18.9 Å². The average molecular weight is 431 g/mol.